The second-order valence-electron chi connectivity index (χ2n) is 5.43. The second-order valence-corrected chi connectivity index (χ2v) is 5.43. The molecule has 0 aliphatic carbocycles. The van der Waals surface area contributed by atoms with Crippen LogP contribution in [0.4, 0.5) is 0 Å². The third-order valence-electron chi connectivity index (χ3n) is 3.99. The molecule has 0 bridgehead atoms. The average Bonchev–Trinajstić information content (AvgIpc) is 2.91. The molecule has 0 amide bonds. The summed E-state index contributed by atoms with van der Waals surface area (Å²) in [6.45, 7) is 2.16. The molecule has 0 spiro atoms. The van der Waals surface area contributed by atoms with Gasteiger partial charge in [0.25, 0.3) is 0 Å². The number of aromatic nitrogens is 3. The standard InChI is InChI=1S/C16H16N4/c1-19-9-8-12-10-14(7-6-13(12)11-19)20-16-5-3-2-4-15(16)17-18-20/h2-7,10H,8-9,11H2,1H3. The first kappa shape index (κ1) is 11.6. The van der Waals surface area contributed by atoms with Gasteiger partial charge in [0.05, 0.1) is 11.2 Å². The molecule has 3 aromatic rings. The van der Waals surface area contributed by atoms with Gasteiger partial charge >= 0.3 is 0 Å². The van der Waals surface area contributed by atoms with Crippen LogP contribution in [-0.2, 0) is 13.0 Å². The van der Waals surface area contributed by atoms with E-state index in [0.717, 1.165) is 36.2 Å². The Morgan fingerprint density at radius 2 is 1.95 bits per heavy atom. The smallest absolute Gasteiger partial charge is 0.113 e. The van der Waals surface area contributed by atoms with Gasteiger partial charge in [0.2, 0.25) is 0 Å². The molecular formula is C16H16N4. The number of para-hydroxylation sites is 1. The van der Waals surface area contributed by atoms with Crippen LogP contribution in [0.3, 0.4) is 0 Å². The average molecular weight is 264 g/mol. The van der Waals surface area contributed by atoms with Gasteiger partial charge in [0.1, 0.15) is 5.52 Å². The lowest BCUT2D eigenvalue weighted by molar-refractivity contribution is 0.313. The van der Waals surface area contributed by atoms with Gasteiger partial charge in [-0.25, -0.2) is 4.68 Å². The minimum absolute atomic E-state index is 0.935. The van der Waals surface area contributed by atoms with Crippen molar-refractivity contribution >= 4 is 11.0 Å². The zero-order chi connectivity index (χ0) is 13.5. The Morgan fingerprint density at radius 3 is 2.90 bits per heavy atom. The first-order valence-corrected chi connectivity index (χ1v) is 6.92. The van der Waals surface area contributed by atoms with Crippen LogP contribution >= 0.6 is 0 Å². The molecule has 4 heteroatoms. The van der Waals surface area contributed by atoms with E-state index in [4.69, 9.17) is 0 Å². The fraction of sp³-hybridized carbons (Fsp3) is 0.250. The van der Waals surface area contributed by atoms with Crippen LogP contribution in [0.25, 0.3) is 16.7 Å². The van der Waals surface area contributed by atoms with E-state index in [1.54, 1.807) is 0 Å². The predicted octanol–water partition coefficient (Wildman–Crippen LogP) is 2.41. The lowest BCUT2D eigenvalue weighted by Gasteiger charge is -2.25. The van der Waals surface area contributed by atoms with Crippen molar-refractivity contribution in [1.82, 2.24) is 19.9 Å². The zero-order valence-electron chi connectivity index (χ0n) is 11.5. The summed E-state index contributed by atoms with van der Waals surface area (Å²) >= 11 is 0. The molecule has 0 radical (unpaired) electrons. The Labute approximate surface area is 117 Å². The summed E-state index contributed by atoms with van der Waals surface area (Å²) in [5.41, 5.74) is 5.94. The summed E-state index contributed by atoms with van der Waals surface area (Å²) in [5.74, 6) is 0. The van der Waals surface area contributed by atoms with Gasteiger partial charge in [0, 0.05) is 13.1 Å². The van der Waals surface area contributed by atoms with Crippen LogP contribution < -0.4 is 0 Å². The van der Waals surface area contributed by atoms with Crippen molar-refractivity contribution in [3.8, 4) is 5.69 Å². The number of rotatable bonds is 1. The number of benzene rings is 2. The molecule has 2 heterocycles. The highest BCUT2D eigenvalue weighted by atomic mass is 15.4. The number of hydrogen-bond donors (Lipinski definition) is 0. The summed E-state index contributed by atoms with van der Waals surface area (Å²) in [6, 6.07) is 14.7. The highest BCUT2D eigenvalue weighted by Crippen LogP contribution is 2.23. The van der Waals surface area contributed by atoms with Crippen molar-refractivity contribution in [2.45, 2.75) is 13.0 Å². The van der Waals surface area contributed by atoms with Crippen LogP contribution in [0.1, 0.15) is 11.1 Å². The number of hydrogen-bond acceptors (Lipinski definition) is 3. The van der Waals surface area contributed by atoms with Crippen LogP contribution in [0.15, 0.2) is 42.5 Å². The molecule has 4 nitrogen and oxygen atoms in total. The Morgan fingerprint density at radius 1 is 1.05 bits per heavy atom. The van der Waals surface area contributed by atoms with Gasteiger partial charge in [0.15, 0.2) is 0 Å². The van der Waals surface area contributed by atoms with E-state index in [0.29, 0.717) is 0 Å². The summed E-state index contributed by atoms with van der Waals surface area (Å²) in [6.07, 6.45) is 1.10. The van der Waals surface area contributed by atoms with Crippen LogP contribution in [0.2, 0.25) is 0 Å². The summed E-state index contributed by atoms with van der Waals surface area (Å²) in [5, 5.41) is 8.51. The molecule has 0 N–H and O–H groups in total. The molecule has 0 saturated carbocycles. The molecule has 1 aliphatic heterocycles. The predicted molar refractivity (Wildman–Crippen MR) is 78.9 cm³/mol. The molecule has 4 rings (SSSR count). The van der Waals surface area contributed by atoms with Gasteiger partial charge in [-0.3, -0.25) is 0 Å². The molecule has 2 aromatic carbocycles. The normalized spacial score (nSPS) is 15.4. The number of nitrogens with zero attached hydrogens (tertiary/aromatic N) is 4. The van der Waals surface area contributed by atoms with Crippen molar-refractivity contribution in [3.63, 3.8) is 0 Å². The van der Waals surface area contributed by atoms with E-state index in [1.165, 1.54) is 11.1 Å². The fourth-order valence-electron chi connectivity index (χ4n) is 2.87. The Bertz CT molecular complexity index is 775. The quantitative estimate of drug-likeness (QED) is 0.677. The number of likely N-dealkylation sites (N-methyl/N-ethyl adjacent to an activating group) is 1. The molecular weight excluding hydrogens is 248 g/mol. The van der Waals surface area contributed by atoms with Crippen LogP contribution in [-0.4, -0.2) is 33.5 Å². The first-order valence-electron chi connectivity index (χ1n) is 6.92. The number of fused-ring (bicyclic) bond motifs is 2. The summed E-state index contributed by atoms with van der Waals surface area (Å²) in [7, 11) is 2.17. The van der Waals surface area contributed by atoms with Gasteiger partial charge in [-0.15, -0.1) is 5.10 Å². The topological polar surface area (TPSA) is 34.0 Å². The molecule has 100 valence electrons. The van der Waals surface area contributed by atoms with Crippen molar-refractivity contribution in [3.05, 3.63) is 53.6 Å². The third-order valence-corrected chi connectivity index (χ3v) is 3.99. The largest absolute Gasteiger partial charge is 0.302 e. The fourth-order valence-corrected chi connectivity index (χ4v) is 2.87. The maximum Gasteiger partial charge on any atom is 0.113 e. The monoisotopic (exact) mass is 264 g/mol. The van der Waals surface area contributed by atoms with Gasteiger partial charge in [-0.1, -0.05) is 23.4 Å². The van der Waals surface area contributed by atoms with Crippen LogP contribution in [0.5, 0.6) is 0 Å². The minimum Gasteiger partial charge on any atom is -0.302 e. The maximum absolute atomic E-state index is 4.29. The Kier molecular flexibility index (Phi) is 2.57. The van der Waals surface area contributed by atoms with Gasteiger partial charge in [-0.05, 0) is 48.9 Å². The molecule has 0 saturated heterocycles. The summed E-state index contributed by atoms with van der Waals surface area (Å²) < 4.78 is 1.92. The van der Waals surface area contributed by atoms with E-state index in [9.17, 15) is 0 Å². The second kappa shape index (κ2) is 4.42. The van der Waals surface area contributed by atoms with E-state index in [2.05, 4.69) is 46.5 Å². The SMILES string of the molecule is CN1CCc2cc(-n3nnc4ccccc43)ccc2C1. The molecule has 0 atom stereocenters. The van der Waals surface area contributed by atoms with Gasteiger partial charge < -0.3 is 4.90 Å². The van der Waals surface area contributed by atoms with E-state index < -0.39 is 0 Å². The van der Waals surface area contributed by atoms with Crippen molar-refractivity contribution < 1.29 is 0 Å². The lowest BCUT2D eigenvalue weighted by Crippen LogP contribution is -2.26. The van der Waals surface area contributed by atoms with E-state index >= 15 is 0 Å². The van der Waals surface area contributed by atoms with E-state index in [1.807, 2.05) is 22.9 Å². The first-order chi connectivity index (χ1) is 9.81. The summed E-state index contributed by atoms with van der Waals surface area (Å²) in [4.78, 5) is 2.35. The van der Waals surface area contributed by atoms with Crippen molar-refractivity contribution in [2.24, 2.45) is 0 Å². The minimum atomic E-state index is 0.935. The van der Waals surface area contributed by atoms with Crippen molar-refractivity contribution in [1.29, 1.82) is 0 Å². The highest BCUT2D eigenvalue weighted by molar-refractivity contribution is 5.75. The third kappa shape index (κ3) is 1.80. The van der Waals surface area contributed by atoms with Gasteiger partial charge in [-0.2, -0.15) is 0 Å². The Balaban J connectivity index is 1.83. The molecule has 0 unspecified atom stereocenters. The molecule has 0 fully saturated rings. The highest BCUT2D eigenvalue weighted by Gasteiger charge is 2.14. The maximum atomic E-state index is 4.29. The molecule has 1 aliphatic rings. The van der Waals surface area contributed by atoms with E-state index in [-0.39, 0.29) is 0 Å². The zero-order valence-corrected chi connectivity index (χ0v) is 11.5. The molecule has 20 heavy (non-hydrogen) atoms. The lowest BCUT2D eigenvalue weighted by atomic mass is 9.99. The van der Waals surface area contributed by atoms with Crippen molar-refractivity contribution in [2.75, 3.05) is 13.6 Å². The van der Waals surface area contributed by atoms with Crippen LogP contribution in [0, 0.1) is 0 Å². The molecule has 1 aromatic heterocycles. The Hall–Kier alpha value is -2.20.